The molecule has 4 heteroatoms. The molecule has 1 saturated heterocycles. The molecule has 3 N–H and O–H groups in total. The van der Waals surface area contributed by atoms with Gasteiger partial charge in [-0.05, 0) is 57.3 Å². The predicted octanol–water partition coefficient (Wildman–Crippen LogP) is 2.23. The Hall–Kier alpha value is -1.39. The van der Waals surface area contributed by atoms with E-state index in [0.717, 1.165) is 24.4 Å². The van der Waals surface area contributed by atoms with E-state index in [2.05, 4.69) is 17.1 Å². The van der Waals surface area contributed by atoms with Crippen LogP contribution in [0, 0.1) is 12.8 Å². The highest BCUT2D eigenvalue weighted by Crippen LogP contribution is 2.16. The molecular formula is C18H29N3O. The Balaban J connectivity index is 1.66. The highest BCUT2D eigenvalue weighted by molar-refractivity contribution is 5.82. The standard InChI is InChI=1S/C18H29N3O/c1-14-4-6-16(7-5-14)17(19)18(22)20-10-3-11-21-12-8-15(2)9-13-21/h4-7,15,17H,3,8-13,19H2,1-2H3,(H,20,22). The molecule has 1 unspecified atom stereocenters. The van der Waals surface area contributed by atoms with Gasteiger partial charge >= 0.3 is 0 Å². The van der Waals surface area contributed by atoms with Crippen LogP contribution < -0.4 is 11.1 Å². The summed E-state index contributed by atoms with van der Waals surface area (Å²) in [5.74, 6) is 0.777. The number of nitrogens with zero attached hydrogens (tertiary/aromatic N) is 1. The van der Waals surface area contributed by atoms with Crippen molar-refractivity contribution in [2.45, 2.75) is 39.2 Å². The normalized spacial score (nSPS) is 18.1. The van der Waals surface area contributed by atoms with Crippen LogP contribution in [0.5, 0.6) is 0 Å². The van der Waals surface area contributed by atoms with E-state index in [1.807, 2.05) is 31.2 Å². The second-order valence-electron chi connectivity index (χ2n) is 6.56. The SMILES string of the molecule is Cc1ccc(C(N)C(=O)NCCCN2CCC(C)CC2)cc1. The summed E-state index contributed by atoms with van der Waals surface area (Å²) >= 11 is 0. The summed E-state index contributed by atoms with van der Waals surface area (Å²) in [6.45, 7) is 8.49. The summed E-state index contributed by atoms with van der Waals surface area (Å²) in [7, 11) is 0. The van der Waals surface area contributed by atoms with E-state index in [1.54, 1.807) is 0 Å². The van der Waals surface area contributed by atoms with Gasteiger partial charge in [-0.3, -0.25) is 4.79 Å². The third kappa shape index (κ3) is 5.11. The van der Waals surface area contributed by atoms with Gasteiger partial charge in [0.25, 0.3) is 0 Å². The topological polar surface area (TPSA) is 58.4 Å². The first-order valence-electron chi connectivity index (χ1n) is 8.38. The molecule has 1 atom stereocenters. The van der Waals surface area contributed by atoms with Gasteiger partial charge in [0, 0.05) is 6.54 Å². The third-order valence-electron chi connectivity index (χ3n) is 4.55. The fourth-order valence-electron chi connectivity index (χ4n) is 2.84. The van der Waals surface area contributed by atoms with Crippen LogP contribution in [0.3, 0.4) is 0 Å². The zero-order chi connectivity index (χ0) is 15.9. The van der Waals surface area contributed by atoms with Gasteiger partial charge in [-0.1, -0.05) is 36.8 Å². The molecule has 1 aromatic rings. The van der Waals surface area contributed by atoms with Gasteiger partial charge in [0.05, 0.1) is 0 Å². The van der Waals surface area contributed by atoms with Crippen LogP contribution in [0.25, 0.3) is 0 Å². The lowest BCUT2D eigenvalue weighted by Crippen LogP contribution is -2.37. The zero-order valence-electron chi connectivity index (χ0n) is 13.8. The Morgan fingerprint density at radius 1 is 1.32 bits per heavy atom. The summed E-state index contributed by atoms with van der Waals surface area (Å²) in [6, 6.07) is 7.25. The summed E-state index contributed by atoms with van der Waals surface area (Å²) in [4.78, 5) is 14.6. The molecule has 1 aromatic carbocycles. The van der Waals surface area contributed by atoms with E-state index < -0.39 is 6.04 Å². The lowest BCUT2D eigenvalue weighted by molar-refractivity contribution is -0.122. The predicted molar refractivity (Wildman–Crippen MR) is 90.6 cm³/mol. The molecule has 1 aliphatic rings. The average Bonchev–Trinajstić information content (AvgIpc) is 2.53. The Morgan fingerprint density at radius 2 is 1.95 bits per heavy atom. The molecule has 2 rings (SSSR count). The molecule has 1 amide bonds. The summed E-state index contributed by atoms with van der Waals surface area (Å²) in [5.41, 5.74) is 8.05. The van der Waals surface area contributed by atoms with E-state index in [-0.39, 0.29) is 5.91 Å². The first-order chi connectivity index (χ1) is 10.6. The van der Waals surface area contributed by atoms with Gasteiger partial charge in [0.2, 0.25) is 5.91 Å². The number of likely N-dealkylation sites (tertiary alicyclic amines) is 1. The molecule has 122 valence electrons. The van der Waals surface area contributed by atoms with Crippen LogP contribution in [0.2, 0.25) is 0 Å². The quantitative estimate of drug-likeness (QED) is 0.792. The van der Waals surface area contributed by atoms with Crippen LogP contribution in [0.15, 0.2) is 24.3 Å². The minimum absolute atomic E-state index is 0.0869. The van der Waals surface area contributed by atoms with Gasteiger partial charge in [0.1, 0.15) is 6.04 Å². The van der Waals surface area contributed by atoms with Crippen molar-refractivity contribution >= 4 is 5.91 Å². The molecule has 0 aromatic heterocycles. The van der Waals surface area contributed by atoms with E-state index in [1.165, 1.54) is 31.5 Å². The van der Waals surface area contributed by atoms with Crippen LogP contribution in [0.4, 0.5) is 0 Å². The second kappa shape index (κ2) is 8.30. The smallest absolute Gasteiger partial charge is 0.241 e. The highest BCUT2D eigenvalue weighted by Gasteiger charge is 2.16. The monoisotopic (exact) mass is 303 g/mol. The van der Waals surface area contributed by atoms with Crippen molar-refractivity contribution in [2.24, 2.45) is 11.7 Å². The third-order valence-corrected chi connectivity index (χ3v) is 4.55. The summed E-state index contributed by atoms with van der Waals surface area (Å²) in [6.07, 6.45) is 3.58. The number of piperidine rings is 1. The van der Waals surface area contributed by atoms with E-state index in [0.29, 0.717) is 6.54 Å². The number of nitrogens with two attached hydrogens (primary N) is 1. The van der Waals surface area contributed by atoms with Gasteiger partial charge in [0.15, 0.2) is 0 Å². The van der Waals surface area contributed by atoms with Crippen molar-refractivity contribution in [1.29, 1.82) is 0 Å². The largest absolute Gasteiger partial charge is 0.354 e. The van der Waals surface area contributed by atoms with Crippen molar-refractivity contribution in [1.82, 2.24) is 10.2 Å². The number of rotatable bonds is 6. The maximum atomic E-state index is 12.1. The molecule has 0 aliphatic carbocycles. The molecule has 0 radical (unpaired) electrons. The minimum atomic E-state index is -0.573. The van der Waals surface area contributed by atoms with Crippen molar-refractivity contribution in [3.8, 4) is 0 Å². The number of aryl methyl sites for hydroxylation is 1. The van der Waals surface area contributed by atoms with Gasteiger partial charge in [-0.2, -0.15) is 0 Å². The van der Waals surface area contributed by atoms with Crippen molar-refractivity contribution in [3.05, 3.63) is 35.4 Å². The second-order valence-corrected chi connectivity index (χ2v) is 6.56. The number of hydrogen-bond donors (Lipinski definition) is 2. The number of carbonyl (C=O) groups excluding carboxylic acids is 1. The molecular weight excluding hydrogens is 274 g/mol. The van der Waals surface area contributed by atoms with Gasteiger partial charge in [-0.25, -0.2) is 0 Å². The lowest BCUT2D eigenvalue weighted by atomic mass is 9.99. The molecule has 4 nitrogen and oxygen atoms in total. The Bertz CT molecular complexity index is 464. The molecule has 0 saturated carbocycles. The Morgan fingerprint density at radius 3 is 2.59 bits per heavy atom. The first kappa shape index (κ1) is 17.0. The minimum Gasteiger partial charge on any atom is -0.354 e. The molecule has 1 aliphatic heterocycles. The maximum Gasteiger partial charge on any atom is 0.241 e. The Kier molecular flexibility index (Phi) is 6.40. The molecule has 0 spiro atoms. The summed E-state index contributed by atoms with van der Waals surface area (Å²) < 4.78 is 0. The van der Waals surface area contributed by atoms with Crippen LogP contribution in [-0.2, 0) is 4.79 Å². The molecule has 22 heavy (non-hydrogen) atoms. The number of benzene rings is 1. The zero-order valence-corrected chi connectivity index (χ0v) is 13.8. The highest BCUT2D eigenvalue weighted by atomic mass is 16.2. The lowest BCUT2D eigenvalue weighted by Gasteiger charge is -2.30. The number of amides is 1. The first-order valence-corrected chi connectivity index (χ1v) is 8.38. The number of nitrogens with one attached hydrogen (secondary N) is 1. The van der Waals surface area contributed by atoms with E-state index in [4.69, 9.17) is 5.73 Å². The average molecular weight is 303 g/mol. The molecule has 1 fully saturated rings. The number of hydrogen-bond acceptors (Lipinski definition) is 3. The van der Waals surface area contributed by atoms with Gasteiger partial charge < -0.3 is 16.0 Å². The van der Waals surface area contributed by atoms with Gasteiger partial charge in [-0.15, -0.1) is 0 Å². The fraction of sp³-hybridized carbons (Fsp3) is 0.611. The van der Waals surface area contributed by atoms with Crippen LogP contribution >= 0.6 is 0 Å². The summed E-state index contributed by atoms with van der Waals surface area (Å²) in [5, 5.41) is 2.95. The fourth-order valence-corrected chi connectivity index (χ4v) is 2.84. The van der Waals surface area contributed by atoms with Crippen molar-refractivity contribution < 1.29 is 4.79 Å². The maximum absolute atomic E-state index is 12.1. The Labute approximate surface area is 134 Å². The van der Waals surface area contributed by atoms with E-state index >= 15 is 0 Å². The number of carbonyl (C=O) groups is 1. The molecule has 0 bridgehead atoms. The van der Waals surface area contributed by atoms with Crippen LogP contribution in [0.1, 0.15) is 43.4 Å². The van der Waals surface area contributed by atoms with Crippen molar-refractivity contribution in [3.63, 3.8) is 0 Å². The van der Waals surface area contributed by atoms with Crippen LogP contribution in [-0.4, -0.2) is 37.0 Å². The van der Waals surface area contributed by atoms with Crippen molar-refractivity contribution in [2.75, 3.05) is 26.2 Å². The van der Waals surface area contributed by atoms with E-state index in [9.17, 15) is 4.79 Å². The molecule has 1 heterocycles.